The number of imidazole rings is 1. The van der Waals surface area contributed by atoms with Crippen LogP contribution >= 0.6 is 11.6 Å². The zero-order valence-electron chi connectivity index (χ0n) is 11.0. The number of fused-ring (bicyclic) bond motifs is 1. The Morgan fingerprint density at radius 3 is 2.70 bits per heavy atom. The van der Waals surface area contributed by atoms with Crippen LogP contribution in [0.15, 0.2) is 42.9 Å². The fourth-order valence-electron chi connectivity index (χ4n) is 2.31. The molecule has 0 spiro atoms. The van der Waals surface area contributed by atoms with Crippen LogP contribution in [0.4, 0.5) is 0 Å². The fraction of sp³-hybridized carbons (Fsp3) is 0.267. The molecule has 0 aliphatic heterocycles. The number of halogens is 1. The van der Waals surface area contributed by atoms with E-state index < -0.39 is 0 Å². The van der Waals surface area contributed by atoms with Crippen molar-refractivity contribution in [2.24, 2.45) is 0 Å². The summed E-state index contributed by atoms with van der Waals surface area (Å²) in [5, 5.41) is 0. The van der Waals surface area contributed by atoms with E-state index in [1.54, 1.807) is 6.20 Å². The average Bonchev–Trinajstić information content (AvgIpc) is 2.84. The van der Waals surface area contributed by atoms with Crippen LogP contribution in [0, 0.1) is 0 Å². The molecule has 3 heterocycles. The molecule has 0 aliphatic rings. The van der Waals surface area contributed by atoms with Gasteiger partial charge in [0.2, 0.25) is 0 Å². The summed E-state index contributed by atoms with van der Waals surface area (Å²) >= 11 is 5.87. The second-order valence-corrected chi connectivity index (χ2v) is 4.95. The van der Waals surface area contributed by atoms with Crippen molar-refractivity contribution in [1.29, 1.82) is 0 Å². The first-order valence-corrected chi connectivity index (χ1v) is 7.17. The summed E-state index contributed by atoms with van der Waals surface area (Å²) in [6.45, 7) is 0.851. The van der Waals surface area contributed by atoms with Gasteiger partial charge in [-0.3, -0.25) is 4.98 Å². The predicted octanol–water partition coefficient (Wildman–Crippen LogP) is 2.85. The molecule has 5 heteroatoms. The molecule has 0 saturated carbocycles. The molecule has 0 atom stereocenters. The molecule has 0 amide bonds. The van der Waals surface area contributed by atoms with Gasteiger partial charge < -0.3 is 4.57 Å². The molecule has 102 valence electrons. The lowest BCUT2D eigenvalue weighted by Gasteiger charge is -2.07. The largest absolute Gasteiger partial charge is 0.312 e. The molecule has 3 aromatic rings. The van der Waals surface area contributed by atoms with Crippen LogP contribution in [-0.2, 0) is 19.4 Å². The topological polar surface area (TPSA) is 43.6 Å². The SMILES string of the molecule is ClCCc1nc2cccnc2n1CCc1ccncc1. The van der Waals surface area contributed by atoms with Crippen molar-refractivity contribution in [3.8, 4) is 0 Å². The van der Waals surface area contributed by atoms with Crippen molar-refractivity contribution in [3.63, 3.8) is 0 Å². The first-order valence-electron chi connectivity index (χ1n) is 6.63. The van der Waals surface area contributed by atoms with Gasteiger partial charge in [0.05, 0.1) is 0 Å². The molecule has 0 saturated heterocycles. The predicted molar refractivity (Wildman–Crippen MR) is 79.9 cm³/mol. The molecule has 0 bridgehead atoms. The Hall–Kier alpha value is -1.94. The maximum atomic E-state index is 5.87. The van der Waals surface area contributed by atoms with Crippen LogP contribution in [0.5, 0.6) is 0 Å². The maximum Gasteiger partial charge on any atom is 0.159 e. The van der Waals surface area contributed by atoms with Crippen LogP contribution in [-0.4, -0.2) is 25.4 Å². The van der Waals surface area contributed by atoms with Gasteiger partial charge in [0.15, 0.2) is 5.65 Å². The third-order valence-corrected chi connectivity index (χ3v) is 3.46. The zero-order chi connectivity index (χ0) is 13.8. The fourth-order valence-corrected chi connectivity index (χ4v) is 2.48. The number of rotatable bonds is 5. The Kier molecular flexibility index (Phi) is 3.92. The summed E-state index contributed by atoms with van der Waals surface area (Å²) in [6.07, 6.45) is 7.13. The second kappa shape index (κ2) is 6.01. The minimum Gasteiger partial charge on any atom is -0.312 e. The van der Waals surface area contributed by atoms with Gasteiger partial charge >= 0.3 is 0 Å². The molecule has 0 fully saturated rings. The van der Waals surface area contributed by atoms with Gasteiger partial charge in [0, 0.05) is 37.4 Å². The molecule has 0 aliphatic carbocycles. The quantitative estimate of drug-likeness (QED) is 0.678. The first-order chi connectivity index (χ1) is 9.88. The van der Waals surface area contributed by atoms with Crippen molar-refractivity contribution in [2.75, 3.05) is 5.88 Å². The van der Waals surface area contributed by atoms with Gasteiger partial charge in [-0.05, 0) is 36.2 Å². The lowest BCUT2D eigenvalue weighted by atomic mass is 10.2. The molecule has 0 unspecified atom stereocenters. The Balaban J connectivity index is 1.90. The van der Waals surface area contributed by atoms with Crippen molar-refractivity contribution in [1.82, 2.24) is 19.5 Å². The summed E-state index contributed by atoms with van der Waals surface area (Å²) < 4.78 is 2.16. The van der Waals surface area contributed by atoms with Crippen LogP contribution in [0.1, 0.15) is 11.4 Å². The number of nitrogens with zero attached hydrogens (tertiary/aromatic N) is 4. The third kappa shape index (κ3) is 2.65. The molecule has 0 aromatic carbocycles. The minimum atomic E-state index is 0.568. The highest BCUT2D eigenvalue weighted by atomic mass is 35.5. The number of pyridine rings is 2. The van der Waals surface area contributed by atoms with Gasteiger partial charge in [-0.2, -0.15) is 0 Å². The Bertz CT molecular complexity index is 693. The average molecular weight is 287 g/mol. The molecular formula is C15H15ClN4. The van der Waals surface area contributed by atoms with E-state index in [0.29, 0.717) is 5.88 Å². The van der Waals surface area contributed by atoms with E-state index >= 15 is 0 Å². The molecule has 20 heavy (non-hydrogen) atoms. The smallest absolute Gasteiger partial charge is 0.159 e. The highest BCUT2D eigenvalue weighted by Crippen LogP contribution is 2.15. The summed E-state index contributed by atoms with van der Waals surface area (Å²) in [4.78, 5) is 13.1. The Morgan fingerprint density at radius 2 is 1.90 bits per heavy atom. The van der Waals surface area contributed by atoms with Crippen molar-refractivity contribution < 1.29 is 0 Å². The van der Waals surface area contributed by atoms with Gasteiger partial charge in [0.1, 0.15) is 11.3 Å². The molecule has 0 radical (unpaired) electrons. The van der Waals surface area contributed by atoms with E-state index in [1.807, 2.05) is 36.7 Å². The molecular weight excluding hydrogens is 272 g/mol. The minimum absolute atomic E-state index is 0.568. The van der Waals surface area contributed by atoms with Gasteiger partial charge in [-0.1, -0.05) is 0 Å². The van der Waals surface area contributed by atoms with Crippen LogP contribution in [0.25, 0.3) is 11.2 Å². The summed E-state index contributed by atoms with van der Waals surface area (Å²) in [6, 6.07) is 7.97. The first kappa shape index (κ1) is 13.1. The Morgan fingerprint density at radius 1 is 1.05 bits per heavy atom. The van der Waals surface area contributed by atoms with E-state index in [-0.39, 0.29) is 0 Å². The molecule has 3 rings (SSSR count). The van der Waals surface area contributed by atoms with E-state index in [0.717, 1.165) is 36.4 Å². The number of hydrogen-bond acceptors (Lipinski definition) is 3. The molecule has 0 N–H and O–H groups in total. The van der Waals surface area contributed by atoms with Crippen molar-refractivity contribution in [2.45, 2.75) is 19.4 Å². The normalized spacial score (nSPS) is 11.1. The number of aromatic nitrogens is 4. The molecule has 4 nitrogen and oxygen atoms in total. The van der Waals surface area contributed by atoms with Gasteiger partial charge in [0.25, 0.3) is 0 Å². The highest BCUT2D eigenvalue weighted by Gasteiger charge is 2.10. The van der Waals surface area contributed by atoms with Crippen LogP contribution in [0.2, 0.25) is 0 Å². The third-order valence-electron chi connectivity index (χ3n) is 3.27. The second-order valence-electron chi connectivity index (χ2n) is 4.57. The van der Waals surface area contributed by atoms with E-state index in [9.17, 15) is 0 Å². The van der Waals surface area contributed by atoms with Crippen molar-refractivity contribution >= 4 is 22.8 Å². The summed E-state index contributed by atoms with van der Waals surface area (Å²) in [7, 11) is 0. The summed E-state index contributed by atoms with van der Waals surface area (Å²) in [5.41, 5.74) is 3.12. The standard InChI is InChI=1S/C15H15ClN4/c16-7-3-14-19-13-2-1-8-18-15(13)20(14)11-6-12-4-9-17-10-5-12/h1-2,4-5,8-10H,3,6-7,11H2. The monoisotopic (exact) mass is 286 g/mol. The highest BCUT2D eigenvalue weighted by molar-refractivity contribution is 6.17. The van der Waals surface area contributed by atoms with E-state index in [2.05, 4.69) is 19.5 Å². The van der Waals surface area contributed by atoms with Gasteiger partial charge in [-0.25, -0.2) is 9.97 Å². The number of alkyl halides is 1. The van der Waals surface area contributed by atoms with E-state index in [1.165, 1.54) is 5.56 Å². The Labute approximate surface area is 122 Å². The number of aryl methyl sites for hydroxylation is 3. The lowest BCUT2D eigenvalue weighted by Crippen LogP contribution is -2.07. The van der Waals surface area contributed by atoms with Crippen LogP contribution in [0.3, 0.4) is 0 Å². The zero-order valence-corrected chi connectivity index (χ0v) is 11.8. The lowest BCUT2D eigenvalue weighted by molar-refractivity contribution is 0.669. The molecule has 3 aromatic heterocycles. The van der Waals surface area contributed by atoms with Crippen LogP contribution < -0.4 is 0 Å². The van der Waals surface area contributed by atoms with Gasteiger partial charge in [-0.15, -0.1) is 11.6 Å². The van der Waals surface area contributed by atoms with E-state index in [4.69, 9.17) is 11.6 Å². The summed E-state index contributed by atoms with van der Waals surface area (Å²) in [5.74, 6) is 1.57. The van der Waals surface area contributed by atoms with Crippen molar-refractivity contribution in [3.05, 3.63) is 54.2 Å². The maximum absolute atomic E-state index is 5.87. The number of hydrogen-bond donors (Lipinski definition) is 0.